The number of hydrogen-bond donors (Lipinski definition) is 0. The van der Waals surface area contributed by atoms with E-state index in [0.717, 1.165) is 5.39 Å². The second kappa shape index (κ2) is 4.69. The first kappa shape index (κ1) is 11.2. The number of fused-ring (bicyclic) bond motifs is 1. The fraction of sp³-hybridized carbons (Fsp3) is 0.167. The van der Waals surface area contributed by atoms with Crippen LogP contribution in [0.1, 0.15) is 5.56 Å². The largest absolute Gasteiger partial charge is 0.508 e. The van der Waals surface area contributed by atoms with Crippen LogP contribution in [0.25, 0.3) is 11.0 Å². The summed E-state index contributed by atoms with van der Waals surface area (Å²) in [5.74, 6) is 0. The van der Waals surface area contributed by atoms with Crippen molar-refractivity contribution in [1.82, 2.24) is 0 Å². The van der Waals surface area contributed by atoms with Crippen molar-refractivity contribution in [2.75, 3.05) is 7.11 Å². The molecule has 0 fully saturated rings. The van der Waals surface area contributed by atoms with E-state index in [0.29, 0.717) is 11.1 Å². The zero-order valence-corrected chi connectivity index (χ0v) is 9.14. The Morgan fingerprint density at radius 3 is 2.88 bits per heavy atom. The maximum Gasteiger partial charge on any atom is 0.508 e. The van der Waals surface area contributed by atoms with E-state index in [9.17, 15) is 9.59 Å². The Morgan fingerprint density at radius 1 is 1.35 bits per heavy atom. The van der Waals surface area contributed by atoms with Gasteiger partial charge in [-0.1, -0.05) is 18.2 Å². The van der Waals surface area contributed by atoms with Gasteiger partial charge in [0.25, 0.3) is 0 Å². The van der Waals surface area contributed by atoms with Gasteiger partial charge in [0.15, 0.2) is 0 Å². The second-order valence-corrected chi connectivity index (χ2v) is 3.33. The first-order chi connectivity index (χ1) is 8.20. The van der Waals surface area contributed by atoms with Crippen LogP contribution in [-0.2, 0) is 16.1 Å². The minimum absolute atomic E-state index is 0.0290. The molecule has 1 aromatic carbocycles. The van der Waals surface area contributed by atoms with Crippen molar-refractivity contribution in [1.29, 1.82) is 0 Å². The molecule has 0 saturated heterocycles. The minimum Gasteiger partial charge on any atom is -0.438 e. The van der Waals surface area contributed by atoms with Gasteiger partial charge in [0, 0.05) is 17.0 Å². The summed E-state index contributed by atoms with van der Waals surface area (Å²) in [6, 6.07) is 8.33. The number of benzene rings is 1. The van der Waals surface area contributed by atoms with E-state index >= 15 is 0 Å². The van der Waals surface area contributed by atoms with Crippen LogP contribution < -0.4 is 5.63 Å². The van der Waals surface area contributed by atoms with Crippen LogP contribution in [0.5, 0.6) is 0 Å². The minimum atomic E-state index is -0.790. The molecule has 0 aliphatic carbocycles. The monoisotopic (exact) mass is 234 g/mol. The van der Waals surface area contributed by atoms with Gasteiger partial charge in [0.05, 0.1) is 7.11 Å². The highest BCUT2D eigenvalue weighted by molar-refractivity contribution is 5.80. The predicted molar refractivity (Wildman–Crippen MR) is 59.7 cm³/mol. The van der Waals surface area contributed by atoms with Crippen molar-refractivity contribution in [3.05, 3.63) is 46.3 Å². The lowest BCUT2D eigenvalue weighted by molar-refractivity contribution is 0.0671. The van der Waals surface area contributed by atoms with Gasteiger partial charge < -0.3 is 13.9 Å². The number of para-hydroxylation sites is 1. The molecule has 0 spiro atoms. The Bertz CT molecular complexity index is 599. The van der Waals surface area contributed by atoms with Crippen LogP contribution in [0.2, 0.25) is 0 Å². The molecule has 0 aliphatic heterocycles. The SMILES string of the molecule is COC(=O)OCc1cc(=O)oc2ccccc12. The molecule has 2 rings (SSSR count). The van der Waals surface area contributed by atoms with E-state index in [1.54, 1.807) is 18.2 Å². The fourth-order valence-electron chi connectivity index (χ4n) is 1.49. The van der Waals surface area contributed by atoms with Crippen LogP contribution in [0, 0.1) is 0 Å². The lowest BCUT2D eigenvalue weighted by Crippen LogP contribution is -2.07. The number of methoxy groups -OCH3 is 1. The molecule has 5 nitrogen and oxygen atoms in total. The third kappa shape index (κ3) is 2.44. The molecule has 0 N–H and O–H groups in total. The highest BCUT2D eigenvalue weighted by atomic mass is 16.7. The topological polar surface area (TPSA) is 65.7 Å². The molecule has 2 aromatic rings. The molecular weight excluding hydrogens is 224 g/mol. The number of hydrogen-bond acceptors (Lipinski definition) is 5. The highest BCUT2D eigenvalue weighted by Crippen LogP contribution is 2.17. The van der Waals surface area contributed by atoms with Crippen molar-refractivity contribution < 1.29 is 18.7 Å². The van der Waals surface area contributed by atoms with Gasteiger partial charge in [0.1, 0.15) is 12.2 Å². The van der Waals surface area contributed by atoms with E-state index < -0.39 is 11.8 Å². The summed E-state index contributed by atoms with van der Waals surface area (Å²) in [4.78, 5) is 22.1. The van der Waals surface area contributed by atoms with Crippen molar-refractivity contribution >= 4 is 17.1 Å². The Morgan fingerprint density at radius 2 is 2.12 bits per heavy atom. The summed E-state index contributed by atoms with van der Waals surface area (Å²) in [7, 11) is 1.22. The van der Waals surface area contributed by atoms with Crippen molar-refractivity contribution in [2.24, 2.45) is 0 Å². The standard InChI is InChI=1S/C12H10O5/c1-15-12(14)16-7-8-6-11(13)17-10-5-3-2-4-9(8)10/h2-6H,7H2,1H3. The van der Waals surface area contributed by atoms with Gasteiger partial charge >= 0.3 is 11.8 Å². The van der Waals surface area contributed by atoms with E-state index in [2.05, 4.69) is 4.74 Å². The molecule has 0 radical (unpaired) electrons. The second-order valence-electron chi connectivity index (χ2n) is 3.33. The lowest BCUT2D eigenvalue weighted by Gasteiger charge is -2.05. The molecule has 88 valence electrons. The first-order valence-corrected chi connectivity index (χ1v) is 4.93. The molecular formula is C12H10O5. The maximum atomic E-state index is 11.3. The van der Waals surface area contributed by atoms with Crippen molar-refractivity contribution in [3.63, 3.8) is 0 Å². The molecule has 5 heteroatoms. The van der Waals surface area contributed by atoms with Gasteiger partial charge in [-0.3, -0.25) is 0 Å². The van der Waals surface area contributed by atoms with E-state index in [4.69, 9.17) is 9.15 Å². The summed E-state index contributed by atoms with van der Waals surface area (Å²) < 4.78 is 14.2. The third-order valence-corrected chi connectivity index (χ3v) is 2.25. The van der Waals surface area contributed by atoms with Crippen LogP contribution >= 0.6 is 0 Å². The predicted octanol–water partition coefficient (Wildman–Crippen LogP) is 2.08. The summed E-state index contributed by atoms with van der Waals surface area (Å²) in [6.45, 7) is -0.0290. The Labute approximate surface area is 96.6 Å². The van der Waals surface area contributed by atoms with Crippen LogP contribution in [-0.4, -0.2) is 13.3 Å². The number of ether oxygens (including phenoxy) is 2. The van der Waals surface area contributed by atoms with Crippen LogP contribution in [0.15, 0.2) is 39.5 Å². The third-order valence-electron chi connectivity index (χ3n) is 2.25. The van der Waals surface area contributed by atoms with Gasteiger partial charge in [-0.05, 0) is 6.07 Å². The quantitative estimate of drug-likeness (QED) is 0.587. The zero-order chi connectivity index (χ0) is 12.3. The first-order valence-electron chi connectivity index (χ1n) is 4.93. The van der Waals surface area contributed by atoms with Gasteiger partial charge in [-0.15, -0.1) is 0 Å². The Hall–Kier alpha value is -2.30. The highest BCUT2D eigenvalue weighted by Gasteiger charge is 2.07. The summed E-state index contributed by atoms with van der Waals surface area (Å²) in [6.07, 6.45) is -0.790. The van der Waals surface area contributed by atoms with Crippen LogP contribution in [0.3, 0.4) is 0 Å². The van der Waals surface area contributed by atoms with Crippen molar-refractivity contribution in [2.45, 2.75) is 6.61 Å². The molecule has 0 saturated carbocycles. The molecule has 0 atom stereocenters. The molecule has 17 heavy (non-hydrogen) atoms. The van der Waals surface area contributed by atoms with Gasteiger partial charge in [-0.25, -0.2) is 9.59 Å². The average Bonchev–Trinajstić information content (AvgIpc) is 2.35. The molecule has 1 heterocycles. The average molecular weight is 234 g/mol. The number of carbonyl (C=O) groups is 1. The zero-order valence-electron chi connectivity index (χ0n) is 9.14. The Kier molecular flexibility index (Phi) is 3.09. The number of rotatable bonds is 2. The molecule has 0 unspecified atom stereocenters. The van der Waals surface area contributed by atoms with Gasteiger partial charge in [-0.2, -0.15) is 0 Å². The normalized spacial score (nSPS) is 10.2. The molecule has 1 aromatic heterocycles. The summed E-state index contributed by atoms with van der Waals surface area (Å²) in [5, 5.41) is 0.732. The summed E-state index contributed by atoms with van der Waals surface area (Å²) in [5.41, 5.74) is 0.567. The van der Waals surface area contributed by atoms with E-state index in [1.807, 2.05) is 6.07 Å². The maximum absolute atomic E-state index is 11.3. The van der Waals surface area contributed by atoms with Gasteiger partial charge in [0.2, 0.25) is 0 Å². The summed E-state index contributed by atoms with van der Waals surface area (Å²) >= 11 is 0. The number of carbonyl (C=O) groups excluding carboxylic acids is 1. The Balaban J connectivity index is 2.39. The van der Waals surface area contributed by atoms with Crippen LogP contribution in [0.4, 0.5) is 4.79 Å². The smallest absolute Gasteiger partial charge is 0.438 e. The molecule has 0 aliphatic rings. The van der Waals surface area contributed by atoms with E-state index in [1.165, 1.54) is 13.2 Å². The molecule has 0 amide bonds. The molecule has 0 bridgehead atoms. The van der Waals surface area contributed by atoms with Crippen molar-refractivity contribution in [3.8, 4) is 0 Å². The van der Waals surface area contributed by atoms with E-state index in [-0.39, 0.29) is 6.61 Å². The lowest BCUT2D eigenvalue weighted by atomic mass is 10.1. The fourth-order valence-corrected chi connectivity index (χ4v) is 1.49.